The number of nitrogens with zero attached hydrogens (tertiary/aromatic N) is 2. The Morgan fingerprint density at radius 3 is 0.875 bits per heavy atom. The van der Waals surface area contributed by atoms with Gasteiger partial charge in [-0.05, 0) is 0 Å². The van der Waals surface area contributed by atoms with Gasteiger partial charge in [0.2, 0.25) is 0 Å². The molecule has 0 aromatic carbocycles. The fourth-order valence-corrected chi connectivity index (χ4v) is 1.48. The standard InChI is InChI=1S/C10H16N2O8.4Na.4H/c13-7(14)3-11(4-8(15)16)1-2-12(5-9(17)18)6-10(19)20;;;;;;;;/h1-6H2,(H,13,14)(H,15,16)(H,17,18)(H,19,20);;;;;;;;/q;4*+1;4*-1/p+1. The maximum Gasteiger partial charge on any atom is 1.00 e. The summed E-state index contributed by atoms with van der Waals surface area (Å²) in [6.07, 6.45) is 0. The molecule has 0 saturated carbocycles. The minimum Gasteiger partial charge on any atom is -1.00 e. The Morgan fingerprint density at radius 1 is 0.583 bits per heavy atom. The third kappa shape index (κ3) is 23.8. The zero-order valence-corrected chi connectivity index (χ0v) is 22.6. The Balaban J connectivity index is -0.0000000501. The zero-order valence-electron chi connectivity index (χ0n) is 19.6. The van der Waals surface area contributed by atoms with Crippen LogP contribution in [0, 0.1) is 0 Å². The molecule has 24 heavy (non-hydrogen) atoms. The first kappa shape index (κ1) is 36.7. The van der Waals surface area contributed by atoms with Crippen molar-refractivity contribution in [1.82, 2.24) is 9.80 Å². The van der Waals surface area contributed by atoms with Crippen molar-refractivity contribution in [3.05, 3.63) is 0 Å². The molecule has 0 amide bonds. The van der Waals surface area contributed by atoms with Gasteiger partial charge in [-0.3, -0.25) is 29.0 Å². The van der Waals surface area contributed by atoms with Crippen molar-refractivity contribution in [2.24, 2.45) is 0 Å². The van der Waals surface area contributed by atoms with E-state index in [1.807, 2.05) is 0 Å². The molecule has 0 atom stereocenters. The van der Waals surface area contributed by atoms with Crippen LogP contribution in [-0.2, 0) is 19.2 Å². The largest absolute Gasteiger partial charge is 1.00 e. The maximum absolute atomic E-state index is 10.6. The van der Waals surface area contributed by atoms with Gasteiger partial charge in [0, 0.05) is 13.1 Å². The minimum absolute atomic E-state index is 0. The molecule has 0 saturated heterocycles. The van der Waals surface area contributed by atoms with Gasteiger partial charge in [-0.2, -0.15) is 0 Å². The van der Waals surface area contributed by atoms with Gasteiger partial charge < -0.3 is 26.1 Å². The number of carboxylic acid groups (broad SMARTS) is 4. The molecule has 0 heterocycles. The van der Waals surface area contributed by atoms with Crippen LogP contribution >= 0.6 is 0 Å². The summed E-state index contributed by atoms with van der Waals surface area (Å²) in [6, 6.07) is 0. The molecule has 10 nitrogen and oxygen atoms in total. The number of rotatable bonds is 11. The van der Waals surface area contributed by atoms with Crippen molar-refractivity contribution in [2.45, 2.75) is 0 Å². The Hall–Kier alpha value is 1.80. The smallest absolute Gasteiger partial charge is 1.00 e. The summed E-state index contributed by atoms with van der Waals surface area (Å²) >= 11 is 0. The van der Waals surface area contributed by atoms with Gasteiger partial charge in [-0.15, -0.1) is 0 Å². The number of hydrogen-bond acceptors (Lipinski definition) is 6. The molecular weight excluding hydrogens is 368 g/mol. The molecule has 4 N–H and O–H groups in total. The van der Waals surface area contributed by atoms with Crippen molar-refractivity contribution < 1.29 is 165 Å². The van der Waals surface area contributed by atoms with E-state index in [0.717, 1.165) is 9.80 Å². The quantitative estimate of drug-likeness (QED) is 0.250. The van der Waals surface area contributed by atoms with Crippen LogP contribution in [-0.4, -0.2) is 93.4 Å². The van der Waals surface area contributed by atoms with E-state index in [-0.39, 0.29) is 138 Å². The topological polar surface area (TPSA) is 156 Å². The second-order valence-corrected chi connectivity index (χ2v) is 4.00. The molecule has 0 rings (SSSR count). The van der Waals surface area contributed by atoms with E-state index in [0.29, 0.717) is 0 Å². The number of carbonyl (C=O) groups is 4. The van der Waals surface area contributed by atoms with Crippen LogP contribution in [0.5, 0.6) is 0 Å². The summed E-state index contributed by atoms with van der Waals surface area (Å²) in [7, 11) is 0. The molecule has 0 aromatic heterocycles. The summed E-state index contributed by atoms with van der Waals surface area (Å²) in [5, 5.41) is 34.5. The van der Waals surface area contributed by atoms with E-state index in [4.69, 9.17) is 20.4 Å². The van der Waals surface area contributed by atoms with Crippen molar-refractivity contribution in [1.29, 1.82) is 0 Å². The van der Waals surface area contributed by atoms with Crippen molar-refractivity contribution >= 4 is 23.9 Å². The van der Waals surface area contributed by atoms with Crippen LogP contribution in [0.1, 0.15) is 7.13 Å². The number of carboxylic acids is 4. The minimum atomic E-state index is -1.23. The van der Waals surface area contributed by atoms with Gasteiger partial charge in [-0.25, -0.2) is 0 Å². The second kappa shape index (κ2) is 21.1. The molecule has 0 aliphatic carbocycles. The fourth-order valence-electron chi connectivity index (χ4n) is 1.48. The van der Waals surface area contributed by atoms with Crippen LogP contribution in [0.15, 0.2) is 0 Å². The maximum atomic E-state index is 10.6. The fraction of sp³-hybridized carbons (Fsp3) is 0.600. The van der Waals surface area contributed by atoms with Gasteiger partial charge in [0.05, 0.1) is 26.2 Å². The molecular formula is C10H21N2Na4O8+. The second-order valence-electron chi connectivity index (χ2n) is 4.00. The molecule has 0 fully saturated rings. The van der Waals surface area contributed by atoms with Gasteiger partial charge in [0.25, 0.3) is 0 Å². The van der Waals surface area contributed by atoms with E-state index in [9.17, 15) is 19.2 Å². The first-order valence-electron chi connectivity index (χ1n) is 5.52. The summed E-state index contributed by atoms with van der Waals surface area (Å²) < 4.78 is 0. The van der Waals surface area contributed by atoms with Crippen molar-refractivity contribution in [2.75, 3.05) is 39.3 Å². The van der Waals surface area contributed by atoms with E-state index in [1.54, 1.807) is 0 Å². The molecule has 0 unspecified atom stereocenters. The summed E-state index contributed by atoms with van der Waals surface area (Å²) in [5.41, 5.74) is 0. The Bertz CT molecular complexity index is 350. The van der Waals surface area contributed by atoms with Crippen LogP contribution < -0.4 is 118 Å². The SMILES string of the molecule is O=C(O)CN(CCN(CC(=O)O)CC(=O)O)CC(=O)O.[H+].[H-].[H-].[H-].[H-].[Na+].[Na+].[Na+].[Na+]. The molecule has 122 valence electrons. The first-order valence-corrected chi connectivity index (χ1v) is 5.52. The van der Waals surface area contributed by atoms with Gasteiger partial charge in [-0.1, -0.05) is 0 Å². The van der Waals surface area contributed by atoms with Crippen molar-refractivity contribution in [3.8, 4) is 0 Å². The molecule has 14 heteroatoms. The van der Waals surface area contributed by atoms with Crippen LogP contribution in [0.25, 0.3) is 0 Å². The van der Waals surface area contributed by atoms with Crippen LogP contribution in [0.3, 0.4) is 0 Å². The van der Waals surface area contributed by atoms with E-state index >= 15 is 0 Å². The third-order valence-electron chi connectivity index (χ3n) is 2.17. The number of aliphatic carboxylic acids is 4. The number of hydrogen-bond donors (Lipinski definition) is 4. The summed E-state index contributed by atoms with van der Waals surface area (Å²) in [6.45, 7) is -2.25. The Kier molecular flexibility index (Phi) is 32.3. The molecule has 0 aliphatic rings. The predicted octanol–water partition coefficient (Wildman–Crippen LogP) is -13.5. The molecule has 0 aliphatic heterocycles. The van der Waals surface area contributed by atoms with Crippen LogP contribution in [0.4, 0.5) is 0 Å². The van der Waals surface area contributed by atoms with E-state index in [2.05, 4.69) is 0 Å². The first-order chi connectivity index (χ1) is 9.20. The molecule has 0 radical (unpaired) electrons. The van der Waals surface area contributed by atoms with E-state index < -0.39 is 50.1 Å². The average molecular weight is 389 g/mol. The Labute approximate surface area is 234 Å². The van der Waals surface area contributed by atoms with E-state index in [1.165, 1.54) is 0 Å². The van der Waals surface area contributed by atoms with Crippen LogP contribution in [0.2, 0.25) is 0 Å². The Morgan fingerprint density at radius 2 is 0.750 bits per heavy atom. The summed E-state index contributed by atoms with van der Waals surface area (Å²) in [5.74, 6) is -4.91. The molecule has 0 spiro atoms. The monoisotopic (exact) mass is 389 g/mol. The zero-order chi connectivity index (χ0) is 15.7. The predicted molar refractivity (Wildman–Crippen MR) is 69.0 cm³/mol. The van der Waals surface area contributed by atoms with Gasteiger partial charge in [0.15, 0.2) is 0 Å². The van der Waals surface area contributed by atoms with Gasteiger partial charge in [0.1, 0.15) is 0 Å². The van der Waals surface area contributed by atoms with Gasteiger partial charge >= 0.3 is 144 Å². The summed E-state index contributed by atoms with van der Waals surface area (Å²) in [4.78, 5) is 44.4. The van der Waals surface area contributed by atoms with Crippen molar-refractivity contribution in [3.63, 3.8) is 0 Å². The molecule has 0 bridgehead atoms. The normalized spacial score (nSPS) is 8.92. The average Bonchev–Trinajstić information content (AvgIpc) is 2.22. The molecule has 0 aromatic rings. The third-order valence-corrected chi connectivity index (χ3v) is 2.17.